The Morgan fingerprint density at radius 2 is 2.03 bits per heavy atom. The SMILES string of the molecule is COC(=O)c1ccc(OC2CCN(C(C)c3nc4c(cc3F)OCCO4)CC2)cn1. The van der Waals surface area contributed by atoms with E-state index in [1.807, 2.05) is 6.92 Å². The average molecular weight is 417 g/mol. The molecule has 0 spiro atoms. The second-order valence-corrected chi connectivity index (χ2v) is 7.26. The number of likely N-dealkylation sites (tertiary alicyclic amines) is 1. The Morgan fingerprint density at radius 1 is 1.27 bits per heavy atom. The van der Waals surface area contributed by atoms with Gasteiger partial charge in [0.1, 0.15) is 36.6 Å². The topological polar surface area (TPSA) is 83.0 Å². The molecule has 0 radical (unpaired) electrons. The summed E-state index contributed by atoms with van der Waals surface area (Å²) in [4.78, 5) is 22.1. The fourth-order valence-corrected chi connectivity index (χ4v) is 3.68. The Labute approximate surface area is 173 Å². The van der Waals surface area contributed by atoms with Crippen molar-refractivity contribution >= 4 is 5.97 Å². The Balaban J connectivity index is 1.35. The number of pyridine rings is 2. The third kappa shape index (κ3) is 4.30. The van der Waals surface area contributed by atoms with E-state index in [4.69, 9.17) is 14.2 Å². The Kier molecular flexibility index (Phi) is 5.98. The van der Waals surface area contributed by atoms with Crippen molar-refractivity contribution in [2.75, 3.05) is 33.4 Å². The van der Waals surface area contributed by atoms with Gasteiger partial charge in [-0.3, -0.25) is 4.90 Å². The molecule has 2 aliphatic rings. The van der Waals surface area contributed by atoms with Crippen LogP contribution in [-0.2, 0) is 4.74 Å². The molecule has 1 unspecified atom stereocenters. The van der Waals surface area contributed by atoms with Crippen molar-refractivity contribution in [3.05, 3.63) is 41.6 Å². The number of aromatic nitrogens is 2. The Bertz CT molecular complexity index is 900. The van der Waals surface area contributed by atoms with E-state index in [9.17, 15) is 9.18 Å². The van der Waals surface area contributed by atoms with Crippen LogP contribution in [0.5, 0.6) is 17.4 Å². The van der Waals surface area contributed by atoms with Crippen molar-refractivity contribution in [2.24, 2.45) is 0 Å². The molecule has 1 atom stereocenters. The summed E-state index contributed by atoms with van der Waals surface area (Å²) in [5.74, 6) is 0.443. The number of ether oxygens (including phenoxy) is 4. The maximum atomic E-state index is 14.6. The predicted octanol–water partition coefficient (Wildman–Crippen LogP) is 2.78. The van der Waals surface area contributed by atoms with Crippen LogP contribution in [0.2, 0.25) is 0 Å². The van der Waals surface area contributed by atoms with Crippen LogP contribution in [0.25, 0.3) is 0 Å². The first-order valence-electron chi connectivity index (χ1n) is 9.96. The van der Waals surface area contributed by atoms with E-state index in [0.29, 0.717) is 36.3 Å². The highest BCUT2D eigenvalue weighted by molar-refractivity contribution is 5.87. The molecule has 0 N–H and O–H groups in total. The lowest BCUT2D eigenvalue weighted by atomic mass is 10.0. The van der Waals surface area contributed by atoms with Gasteiger partial charge in [-0.2, -0.15) is 0 Å². The van der Waals surface area contributed by atoms with E-state index < -0.39 is 5.97 Å². The van der Waals surface area contributed by atoms with Crippen molar-refractivity contribution in [2.45, 2.75) is 31.9 Å². The summed E-state index contributed by atoms with van der Waals surface area (Å²) in [5.41, 5.74) is 0.601. The van der Waals surface area contributed by atoms with E-state index in [1.54, 1.807) is 12.1 Å². The molecule has 0 bridgehead atoms. The number of hydrogen-bond acceptors (Lipinski definition) is 8. The number of halogens is 1. The first kappa shape index (κ1) is 20.3. The van der Waals surface area contributed by atoms with Gasteiger partial charge in [0, 0.05) is 19.2 Å². The summed E-state index contributed by atoms with van der Waals surface area (Å²) in [5, 5.41) is 0. The third-order valence-electron chi connectivity index (χ3n) is 5.37. The molecule has 1 saturated heterocycles. The summed E-state index contributed by atoms with van der Waals surface area (Å²) in [6.07, 6.45) is 3.12. The van der Waals surface area contributed by atoms with Crippen molar-refractivity contribution < 1.29 is 28.1 Å². The minimum atomic E-state index is -0.483. The third-order valence-corrected chi connectivity index (χ3v) is 5.37. The summed E-state index contributed by atoms with van der Waals surface area (Å²) in [6.45, 7) is 4.25. The molecule has 2 aromatic rings. The number of carbonyl (C=O) groups excluding carboxylic acids is 1. The van der Waals surface area contributed by atoms with Crippen LogP contribution in [0.4, 0.5) is 4.39 Å². The highest BCUT2D eigenvalue weighted by Gasteiger charge is 2.29. The van der Waals surface area contributed by atoms with Gasteiger partial charge in [-0.25, -0.2) is 19.2 Å². The standard InChI is InChI=1S/C21H24FN3O5/c1-13(19-16(22)11-18-20(24-19)29-10-9-28-18)25-7-5-14(6-8-25)30-15-3-4-17(23-12-15)21(26)27-2/h3-4,11-14H,5-10H2,1-2H3. The van der Waals surface area contributed by atoms with Gasteiger partial charge in [-0.1, -0.05) is 0 Å². The van der Waals surface area contributed by atoms with Crippen LogP contribution in [-0.4, -0.2) is 60.4 Å². The summed E-state index contributed by atoms with van der Waals surface area (Å²) >= 11 is 0. The molecule has 0 aromatic carbocycles. The van der Waals surface area contributed by atoms with Crippen LogP contribution in [0, 0.1) is 5.82 Å². The largest absolute Gasteiger partial charge is 0.489 e. The zero-order valence-corrected chi connectivity index (χ0v) is 17.0. The molecule has 0 amide bonds. The lowest BCUT2D eigenvalue weighted by Gasteiger charge is -2.36. The minimum absolute atomic E-state index is 0.0253. The van der Waals surface area contributed by atoms with E-state index in [2.05, 4.69) is 19.6 Å². The fraction of sp³-hybridized carbons (Fsp3) is 0.476. The smallest absolute Gasteiger partial charge is 0.356 e. The first-order valence-corrected chi connectivity index (χ1v) is 9.96. The Morgan fingerprint density at radius 3 is 2.73 bits per heavy atom. The summed E-state index contributed by atoms with van der Waals surface area (Å²) in [7, 11) is 1.32. The van der Waals surface area contributed by atoms with E-state index in [1.165, 1.54) is 19.4 Å². The molecule has 4 rings (SSSR count). The van der Waals surface area contributed by atoms with Crippen LogP contribution < -0.4 is 14.2 Å². The quantitative estimate of drug-likeness (QED) is 0.687. The Hall–Kier alpha value is -2.94. The van der Waals surface area contributed by atoms with Gasteiger partial charge < -0.3 is 18.9 Å². The molecule has 30 heavy (non-hydrogen) atoms. The number of esters is 1. The molecule has 160 valence electrons. The number of hydrogen-bond donors (Lipinski definition) is 0. The number of methoxy groups -OCH3 is 1. The monoisotopic (exact) mass is 417 g/mol. The van der Waals surface area contributed by atoms with Crippen LogP contribution in [0.1, 0.15) is 42.0 Å². The van der Waals surface area contributed by atoms with Crippen molar-refractivity contribution in [3.63, 3.8) is 0 Å². The van der Waals surface area contributed by atoms with Gasteiger partial charge in [0.2, 0.25) is 0 Å². The lowest BCUT2D eigenvalue weighted by molar-refractivity contribution is 0.0593. The predicted molar refractivity (Wildman–Crippen MR) is 104 cm³/mol. The first-order chi connectivity index (χ1) is 14.5. The van der Waals surface area contributed by atoms with Crippen LogP contribution >= 0.6 is 0 Å². The van der Waals surface area contributed by atoms with Gasteiger partial charge in [-0.15, -0.1) is 0 Å². The molecular weight excluding hydrogens is 393 g/mol. The van der Waals surface area contributed by atoms with Crippen molar-refractivity contribution in [1.29, 1.82) is 0 Å². The number of carbonyl (C=O) groups is 1. The zero-order valence-electron chi connectivity index (χ0n) is 17.0. The molecule has 0 aliphatic carbocycles. The highest BCUT2D eigenvalue weighted by Crippen LogP contribution is 2.34. The number of fused-ring (bicyclic) bond motifs is 1. The molecule has 2 aromatic heterocycles. The zero-order chi connectivity index (χ0) is 21.1. The number of nitrogens with zero attached hydrogens (tertiary/aromatic N) is 3. The van der Waals surface area contributed by atoms with Gasteiger partial charge in [-0.05, 0) is 31.9 Å². The summed E-state index contributed by atoms with van der Waals surface area (Å²) < 4.78 is 36.1. The van der Waals surface area contributed by atoms with Gasteiger partial charge >= 0.3 is 5.97 Å². The maximum absolute atomic E-state index is 14.6. The van der Waals surface area contributed by atoms with E-state index in [0.717, 1.165) is 25.9 Å². The van der Waals surface area contributed by atoms with Crippen molar-refractivity contribution in [1.82, 2.24) is 14.9 Å². The maximum Gasteiger partial charge on any atom is 0.356 e. The number of rotatable bonds is 5. The van der Waals surface area contributed by atoms with Gasteiger partial charge in [0.25, 0.3) is 5.88 Å². The van der Waals surface area contributed by atoms with Crippen LogP contribution in [0.3, 0.4) is 0 Å². The average Bonchev–Trinajstić information content (AvgIpc) is 2.78. The second kappa shape index (κ2) is 8.83. The molecule has 1 fully saturated rings. The molecular formula is C21H24FN3O5. The van der Waals surface area contributed by atoms with Gasteiger partial charge in [0.05, 0.1) is 25.0 Å². The summed E-state index contributed by atoms with van der Waals surface area (Å²) in [6, 6.07) is 4.45. The fourth-order valence-electron chi connectivity index (χ4n) is 3.68. The van der Waals surface area contributed by atoms with Gasteiger partial charge in [0.15, 0.2) is 5.75 Å². The van der Waals surface area contributed by atoms with Crippen LogP contribution in [0.15, 0.2) is 24.4 Å². The highest BCUT2D eigenvalue weighted by atomic mass is 19.1. The normalized spacial score (nSPS) is 18.0. The minimum Gasteiger partial charge on any atom is -0.489 e. The molecule has 2 aliphatic heterocycles. The van der Waals surface area contributed by atoms with E-state index >= 15 is 0 Å². The van der Waals surface area contributed by atoms with E-state index in [-0.39, 0.29) is 23.7 Å². The molecule has 0 saturated carbocycles. The van der Waals surface area contributed by atoms with Crippen molar-refractivity contribution in [3.8, 4) is 17.4 Å². The lowest BCUT2D eigenvalue weighted by Crippen LogP contribution is -2.40. The molecule has 9 heteroatoms. The molecule has 8 nitrogen and oxygen atoms in total. The molecule has 4 heterocycles. The second-order valence-electron chi connectivity index (χ2n) is 7.26. The number of piperidine rings is 1.